The standard InChI is InChI=1S/C20H21N3O3/c1-26-18-11-6-5-10-16(18)19-17(20(25)21-12-7-13-24)14-23(22-19)15-8-3-2-4-9-15/h2-6,8-11,14,24H,7,12-13H2,1H3,(H,21,25). The molecule has 6 heteroatoms. The van der Waals surface area contributed by atoms with E-state index in [1.54, 1.807) is 18.0 Å². The predicted octanol–water partition coefficient (Wildman–Crippen LogP) is 2.66. The number of methoxy groups -OCH3 is 1. The summed E-state index contributed by atoms with van der Waals surface area (Å²) in [5.41, 5.74) is 2.61. The van der Waals surface area contributed by atoms with E-state index in [0.717, 1.165) is 11.3 Å². The second-order valence-corrected chi connectivity index (χ2v) is 5.70. The van der Waals surface area contributed by atoms with Gasteiger partial charge in [0, 0.05) is 24.9 Å². The van der Waals surface area contributed by atoms with Gasteiger partial charge < -0.3 is 15.2 Å². The van der Waals surface area contributed by atoms with Crippen LogP contribution in [-0.2, 0) is 0 Å². The highest BCUT2D eigenvalue weighted by molar-refractivity contribution is 6.00. The molecule has 0 fully saturated rings. The Labute approximate surface area is 152 Å². The van der Waals surface area contributed by atoms with Gasteiger partial charge >= 0.3 is 0 Å². The van der Waals surface area contributed by atoms with Crippen LogP contribution >= 0.6 is 0 Å². The Bertz CT molecular complexity index is 875. The molecule has 0 spiro atoms. The molecule has 1 heterocycles. The van der Waals surface area contributed by atoms with Crippen LogP contribution in [-0.4, -0.2) is 41.1 Å². The second kappa shape index (κ2) is 8.31. The van der Waals surface area contributed by atoms with Crippen molar-refractivity contribution in [3.8, 4) is 22.7 Å². The van der Waals surface area contributed by atoms with Gasteiger partial charge in [-0.3, -0.25) is 4.79 Å². The first kappa shape index (κ1) is 17.7. The molecule has 3 rings (SSSR count). The van der Waals surface area contributed by atoms with Crippen molar-refractivity contribution < 1.29 is 14.6 Å². The van der Waals surface area contributed by atoms with E-state index in [9.17, 15) is 4.79 Å². The Morgan fingerprint density at radius 2 is 1.88 bits per heavy atom. The molecule has 6 nitrogen and oxygen atoms in total. The summed E-state index contributed by atoms with van der Waals surface area (Å²) in [6.45, 7) is 0.431. The fourth-order valence-corrected chi connectivity index (χ4v) is 2.67. The van der Waals surface area contributed by atoms with Crippen molar-refractivity contribution >= 4 is 5.91 Å². The van der Waals surface area contributed by atoms with Gasteiger partial charge in [0.15, 0.2) is 0 Å². The van der Waals surface area contributed by atoms with Crippen LogP contribution in [0.3, 0.4) is 0 Å². The molecular weight excluding hydrogens is 330 g/mol. The largest absolute Gasteiger partial charge is 0.496 e. The Morgan fingerprint density at radius 3 is 2.62 bits per heavy atom. The molecule has 2 N–H and O–H groups in total. The van der Waals surface area contributed by atoms with Crippen molar-refractivity contribution in [1.29, 1.82) is 0 Å². The maximum atomic E-state index is 12.7. The molecule has 0 bridgehead atoms. The van der Waals surface area contributed by atoms with Crippen molar-refractivity contribution in [2.75, 3.05) is 20.3 Å². The molecule has 1 amide bonds. The lowest BCUT2D eigenvalue weighted by Crippen LogP contribution is -2.25. The fraction of sp³-hybridized carbons (Fsp3) is 0.200. The van der Waals surface area contributed by atoms with Crippen LogP contribution in [0.25, 0.3) is 16.9 Å². The zero-order chi connectivity index (χ0) is 18.4. The third-order valence-corrected chi connectivity index (χ3v) is 3.96. The van der Waals surface area contributed by atoms with Gasteiger partial charge in [-0.1, -0.05) is 30.3 Å². The SMILES string of the molecule is COc1ccccc1-c1nn(-c2ccccc2)cc1C(=O)NCCCO. The first-order valence-electron chi connectivity index (χ1n) is 8.42. The molecule has 0 atom stereocenters. The molecule has 0 radical (unpaired) electrons. The zero-order valence-corrected chi connectivity index (χ0v) is 14.6. The lowest BCUT2D eigenvalue weighted by Gasteiger charge is -2.08. The molecular formula is C20H21N3O3. The van der Waals surface area contributed by atoms with Gasteiger partial charge in [0.1, 0.15) is 11.4 Å². The van der Waals surface area contributed by atoms with Crippen LogP contribution in [0.5, 0.6) is 5.75 Å². The third kappa shape index (κ3) is 3.75. The van der Waals surface area contributed by atoms with Crippen molar-refractivity contribution in [2.45, 2.75) is 6.42 Å². The number of aliphatic hydroxyl groups is 1. The summed E-state index contributed by atoms with van der Waals surface area (Å²) < 4.78 is 7.12. The number of nitrogens with one attached hydrogen (secondary N) is 1. The van der Waals surface area contributed by atoms with Gasteiger partial charge in [-0.25, -0.2) is 4.68 Å². The van der Waals surface area contributed by atoms with E-state index in [-0.39, 0.29) is 12.5 Å². The van der Waals surface area contributed by atoms with Gasteiger partial charge in [-0.15, -0.1) is 0 Å². The molecule has 0 saturated heterocycles. The molecule has 2 aromatic carbocycles. The third-order valence-electron chi connectivity index (χ3n) is 3.96. The van der Waals surface area contributed by atoms with Crippen molar-refractivity contribution in [3.05, 3.63) is 66.4 Å². The maximum Gasteiger partial charge on any atom is 0.255 e. The highest BCUT2D eigenvalue weighted by Gasteiger charge is 2.20. The van der Waals surface area contributed by atoms with E-state index < -0.39 is 0 Å². The van der Waals surface area contributed by atoms with Crippen LogP contribution in [0, 0.1) is 0 Å². The van der Waals surface area contributed by atoms with E-state index in [0.29, 0.717) is 30.0 Å². The number of carbonyl (C=O) groups excluding carboxylic acids is 1. The summed E-state index contributed by atoms with van der Waals surface area (Å²) in [7, 11) is 1.59. The quantitative estimate of drug-likeness (QED) is 0.642. The average Bonchev–Trinajstić information content (AvgIpc) is 3.14. The van der Waals surface area contributed by atoms with E-state index in [1.807, 2.05) is 54.6 Å². The molecule has 0 saturated carbocycles. The van der Waals surface area contributed by atoms with Crippen LogP contribution in [0.15, 0.2) is 60.8 Å². The number of para-hydroxylation sites is 2. The van der Waals surface area contributed by atoms with Crippen molar-refractivity contribution in [1.82, 2.24) is 15.1 Å². The average molecular weight is 351 g/mol. The lowest BCUT2D eigenvalue weighted by atomic mass is 10.1. The number of hydrogen-bond acceptors (Lipinski definition) is 4. The van der Waals surface area contributed by atoms with Gasteiger partial charge in [0.05, 0.1) is 18.4 Å². The number of hydrogen-bond donors (Lipinski definition) is 2. The van der Waals surface area contributed by atoms with Crippen LogP contribution in [0.2, 0.25) is 0 Å². The summed E-state index contributed by atoms with van der Waals surface area (Å²) in [5, 5.41) is 16.4. The number of carbonyl (C=O) groups is 1. The molecule has 3 aromatic rings. The Hall–Kier alpha value is -3.12. The molecule has 26 heavy (non-hydrogen) atoms. The Morgan fingerprint density at radius 1 is 1.15 bits per heavy atom. The minimum atomic E-state index is -0.235. The summed E-state index contributed by atoms with van der Waals surface area (Å²) in [4.78, 5) is 12.7. The number of rotatable bonds is 7. The predicted molar refractivity (Wildman–Crippen MR) is 99.6 cm³/mol. The highest BCUT2D eigenvalue weighted by Crippen LogP contribution is 2.31. The number of aromatic nitrogens is 2. The normalized spacial score (nSPS) is 10.5. The smallest absolute Gasteiger partial charge is 0.255 e. The van der Waals surface area contributed by atoms with E-state index in [2.05, 4.69) is 10.4 Å². The van der Waals surface area contributed by atoms with E-state index in [4.69, 9.17) is 9.84 Å². The molecule has 0 aliphatic rings. The van der Waals surface area contributed by atoms with Gasteiger partial charge in [-0.2, -0.15) is 5.10 Å². The van der Waals surface area contributed by atoms with Crippen LogP contribution in [0.4, 0.5) is 0 Å². The summed E-state index contributed by atoms with van der Waals surface area (Å²) in [6.07, 6.45) is 2.22. The number of amides is 1. The van der Waals surface area contributed by atoms with Crippen LogP contribution < -0.4 is 10.1 Å². The maximum absolute atomic E-state index is 12.7. The molecule has 0 aliphatic carbocycles. The topological polar surface area (TPSA) is 76.4 Å². The van der Waals surface area contributed by atoms with E-state index >= 15 is 0 Å². The van der Waals surface area contributed by atoms with E-state index in [1.165, 1.54) is 0 Å². The summed E-state index contributed by atoms with van der Waals surface area (Å²) in [5.74, 6) is 0.414. The zero-order valence-electron chi connectivity index (χ0n) is 14.6. The lowest BCUT2D eigenvalue weighted by molar-refractivity contribution is 0.0952. The number of benzene rings is 2. The van der Waals surface area contributed by atoms with Gasteiger partial charge in [0.25, 0.3) is 5.91 Å². The molecule has 0 aliphatic heterocycles. The fourth-order valence-electron chi connectivity index (χ4n) is 2.67. The number of nitrogens with zero attached hydrogens (tertiary/aromatic N) is 2. The van der Waals surface area contributed by atoms with Crippen LogP contribution in [0.1, 0.15) is 16.8 Å². The number of aliphatic hydroxyl groups excluding tert-OH is 1. The Balaban J connectivity index is 2.06. The Kier molecular flexibility index (Phi) is 5.66. The second-order valence-electron chi connectivity index (χ2n) is 5.70. The van der Waals surface area contributed by atoms with Gasteiger partial charge in [0.2, 0.25) is 0 Å². The summed E-state index contributed by atoms with van der Waals surface area (Å²) in [6, 6.07) is 17.1. The minimum absolute atomic E-state index is 0.0307. The first-order chi connectivity index (χ1) is 12.7. The van der Waals surface area contributed by atoms with Crippen molar-refractivity contribution in [3.63, 3.8) is 0 Å². The molecule has 0 unspecified atom stereocenters. The number of ether oxygens (including phenoxy) is 1. The summed E-state index contributed by atoms with van der Waals surface area (Å²) >= 11 is 0. The van der Waals surface area contributed by atoms with Gasteiger partial charge in [-0.05, 0) is 30.7 Å². The molecule has 1 aromatic heterocycles. The molecule has 134 valence electrons. The highest BCUT2D eigenvalue weighted by atomic mass is 16.5. The van der Waals surface area contributed by atoms with Crippen molar-refractivity contribution in [2.24, 2.45) is 0 Å². The minimum Gasteiger partial charge on any atom is -0.496 e. The first-order valence-corrected chi connectivity index (χ1v) is 8.42. The monoisotopic (exact) mass is 351 g/mol.